The molecule has 0 aliphatic carbocycles. The van der Waals surface area contributed by atoms with E-state index in [0.29, 0.717) is 13.1 Å². The average molecular weight is 292 g/mol. The van der Waals surface area contributed by atoms with Crippen molar-refractivity contribution >= 4 is 6.09 Å². The summed E-state index contributed by atoms with van der Waals surface area (Å²) in [5.41, 5.74) is 4.68. The number of amides is 1. The van der Waals surface area contributed by atoms with E-state index in [0.717, 1.165) is 0 Å². The van der Waals surface area contributed by atoms with Gasteiger partial charge in [0.15, 0.2) is 0 Å². The maximum atomic E-state index is 13.9. The molecule has 2 N–H and O–H groups in total. The zero-order valence-corrected chi connectivity index (χ0v) is 12.8. The lowest BCUT2D eigenvalue weighted by Gasteiger charge is -2.40. The van der Waals surface area contributed by atoms with Crippen LogP contribution in [0.1, 0.15) is 40.5 Å². The summed E-state index contributed by atoms with van der Waals surface area (Å²) >= 11 is 0. The molecule has 1 saturated heterocycles. The van der Waals surface area contributed by atoms with E-state index < -0.39 is 23.5 Å². The van der Waals surface area contributed by atoms with Gasteiger partial charge < -0.3 is 15.4 Å². The molecule has 2 atom stereocenters. The number of carbonyl (C=O) groups excluding carboxylic acids is 1. The van der Waals surface area contributed by atoms with Gasteiger partial charge in [0.25, 0.3) is 5.92 Å². The fourth-order valence-corrected chi connectivity index (χ4v) is 2.64. The number of alkyl halides is 2. The van der Waals surface area contributed by atoms with E-state index in [4.69, 9.17) is 10.5 Å². The molecule has 0 aromatic carbocycles. The molecule has 118 valence electrons. The van der Waals surface area contributed by atoms with Crippen molar-refractivity contribution in [2.75, 3.05) is 19.6 Å². The molecule has 0 aromatic heterocycles. The van der Waals surface area contributed by atoms with E-state index in [-0.39, 0.29) is 25.3 Å². The minimum atomic E-state index is -2.76. The third kappa shape index (κ3) is 4.58. The molecular weight excluding hydrogens is 266 g/mol. The highest BCUT2D eigenvalue weighted by molar-refractivity contribution is 5.68. The number of piperidine rings is 1. The summed E-state index contributed by atoms with van der Waals surface area (Å²) in [5, 5.41) is 0. The molecule has 0 saturated carbocycles. The van der Waals surface area contributed by atoms with Gasteiger partial charge in [-0.3, -0.25) is 0 Å². The summed E-state index contributed by atoms with van der Waals surface area (Å²) < 4.78 is 33.2. The second-order valence-electron chi connectivity index (χ2n) is 6.60. The molecule has 2 unspecified atom stereocenters. The van der Waals surface area contributed by atoms with E-state index in [1.165, 1.54) is 4.90 Å². The molecule has 6 heteroatoms. The summed E-state index contributed by atoms with van der Waals surface area (Å²) in [6.45, 7) is 7.71. The van der Waals surface area contributed by atoms with Crippen LogP contribution in [0.5, 0.6) is 0 Å². The van der Waals surface area contributed by atoms with Gasteiger partial charge in [-0.05, 0) is 39.7 Å². The van der Waals surface area contributed by atoms with Gasteiger partial charge in [0.05, 0.1) is 0 Å². The van der Waals surface area contributed by atoms with E-state index in [2.05, 4.69) is 0 Å². The van der Waals surface area contributed by atoms with Crippen molar-refractivity contribution < 1.29 is 18.3 Å². The van der Waals surface area contributed by atoms with Crippen molar-refractivity contribution in [1.82, 2.24) is 4.90 Å². The van der Waals surface area contributed by atoms with E-state index in [1.54, 1.807) is 27.7 Å². The molecule has 0 bridgehead atoms. The molecule has 1 rings (SSSR count). The first-order valence-electron chi connectivity index (χ1n) is 7.12. The molecule has 0 aromatic rings. The first-order chi connectivity index (χ1) is 9.07. The van der Waals surface area contributed by atoms with Crippen LogP contribution in [-0.4, -0.2) is 42.2 Å². The summed E-state index contributed by atoms with van der Waals surface area (Å²) in [7, 11) is 0. The number of ether oxygens (including phenoxy) is 1. The first kappa shape index (κ1) is 17.1. The van der Waals surface area contributed by atoms with Gasteiger partial charge in [-0.15, -0.1) is 0 Å². The molecular formula is C14H26F2N2O2. The Bertz CT molecular complexity index is 343. The van der Waals surface area contributed by atoms with Crippen LogP contribution in [0.4, 0.5) is 13.6 Å². The van der Waals surface area contributed by atoms with E-state index in [1.807, 2.05) is 0 Å². The number of likely N-dealkylation sites (tertiary alicyclic amines) is 1. The van der Waals surface area contributed by atoms with Crippen LogP contribution in [0, 0.1) is 11.8 Å². The van der Waals surface area contributed by atoms with E-state index in [9.17, 15) is 13.6 Å². The van der Waals surface area contributed by atoms with Gasteiger partial charge in [0.1, 0.15) is 5.60 Å². The second kappa shape index (κ2) is 6.24. The minimum Gasteiger partial charge on any atom is -0.444 e. The van der Waals surface area contributed by atoms with Crippen LogP contribution >= 0.6 is 0 Å². The largest absolute Gasteiger partial charge is 0.444 e. The summed E-state index contributed by atoms with van der Waals surface area (Å²) in [6.07, 6.45) is -0.438. The van der Waals surface area contributed by atoms with Crippen molar-refractivity contribution in [3.05, 3.63) is 0 Å². The van der Waals surface area contributed by atoms with Crippen molar-refractivity contribution in [2.24, 2.45) is 17.6 Å². The zero-order chi connectivity index (χ0) is 15.6. The predicted octanol–water partition coefficient (Wildman–Crippen LogP) is 2.86. The zero-order valence-electron chi connectivity index (χ0n) is 12.8. The highest BCUT2D eigenvalue weighted by atomic mass is 19.3. The van der Waals surface area contributed by atoms with E-state index >= 15 is 0 Å². The summed E-state index contributed by atoms with van der Waals surface area (Å²) in [4.78, 5) is 13.5. The first-order valence-corrected chi connectivity index (χ1v) is 7.12. The molecule has 0 radical (unpaired) electrons. The summed E-state index contributed by atoms with van der Waals surface area (Å²) in [5.74, 6) is -3.74. The molecule has 1 aliphatic rings. The van der Waals surface area contributed by atoms with Crippen LogP contribution < -0.4 is 5.73 Å². The fourth-order valence-electron chi connectivity index (χ4n) is 2.64. The monoisotopic (exact) mass is 292 g/mol. The lowest BCUT2D eigenvalue weighted by atomic mass is 9.81. The molecule has 1 heterocycles. The number of halogens is 2. The third-order valence-electron chi connectivity index (χ3n) is 3.58. The Labute approximate surface area is 119 Å². The minimum absolute atomic E-state index is 0.0218. The number of rotatable bonds is 3. The Morgan fingerprint density at radius 3 is 2.45 bits per heavy atom. The van der Waals surface area contributed by atoms with Crippen LogP contribution in [0.2, 0.25) is 0 Å². The van der Waals surface area contributed by atoms with Gasteiger partial charge in [-0.1, -0.05) is 6.92 Å². The standard InChI is InChI=1S/C14H26F2N2O2/c1-10-9-18(12(19)20-13(2,3)4)8-5-11(10)14(15,16)6-7-17/h10-11H,5-9,17H2,1-4H3. The Balaban J connectivity index is 2.61. The number of nitrogens with two attached hydrogens (primary N) is 1. The normalized spacial score (nSPS) is 24.6. The van der Waals surface area contributed by atoms with Crippen LogP contribution in [0.3, 0.4) is 0 Å². The number of carbonyl (C=O) groups is 1. The maximum absolute atomic E-state index is 13.9. The maximum Gasteiger partial charge on any atom is 0.410 e. The highest BCUT2D eigenvalue weighted by Crippen LogP contribution is 2.38. The topological polar surface area (TPSA) is 55.6 Å². The highest BCUT2D eigenvalue weighted by Gasteiger charge is 2.45. The third-order valence-corrected chi connectivity index (χ3v) is 3.58. The van der Waals surface area contributed by atoms with Gasteiger partial charge in [0.2, 0.25) is 0 Å². The number of hydrogen-bond donors (Lipinski definition) is 1. The van der Waals surface area contributed by atoms with Crippen LogP contribution in [0.15, 0.2) is 0 Å². The SMILES string of the molecule is CC1CN(C(=O)OC(C)(C)C)CCC1C(F)(F)CCN. The molecule has 1 fully saturated rings. The predicted molar refractivity (Wildman–Crippen MR) is 73.7 cm³/mol. The molecule has 1 aliphatic heterocycles. The lowest BCUT2D eigenvalue weighted by Crippen LogP contribution is -2.49. The number of nitrogens with zero attached hydrogens (tertiary/aromatic N) is 1. The van der Waals surface area contributed by atoms with Gasteiger partial charge in [-0.25, -0.2) is 13.6 Å². The Morgan fingerprint density at radius 1 is 1.40 bits per heavy atom. The van der Waals surface area contributed by atoms with Crippen LogP contribution in [0.25, 0.3) is 0 Å². The van der Waals surface area contributed by atoms with Crippen molar-refractivity contribution in [2.45, 2.75) is 52.1 Å². The fraction of sp³-hybridized carbons (Fsp3) is 0.929. The van der Waals surface area contributed by atoms with Gasteiger partial charge >= 0.3 is 6.09 Å². The quantitative estimate of drug-likeness (QED) is 0.870. The van der Waals surface area contributed by atoms with Crippen molar-refractivity contribution in [3.8, 4) is 0 Å². The Morgan fingerprint density at radius 2 is 2.00 bits per heavy atom. The number of hydrogen-bond acceptors (Lipinski definition) is 3. The smallest absolute Gasteiger partial charge is 0.410 e. The molecule has 20 heavy (non-hydrogen) atoms. The Hall–Kier alpha value is -0.910. The second-order valence-corrected chi connectivity index (χ2v) is 6.60. The molecule has 4 nitrogen and oxygen atoms in total. The molecule has 1 amide bonds. The van der Waals surface area contributed by atoms with Gasteiger partial charge in [-0.2, -0.15) is 0 Å². The van der Waals surface area contributed by atoms with Gasteiger partial charge in [0, 0.05) is 25.4 Å². The van der Waals surface area contributed by atoms with Crippen molar-refractivity contribution in [1.29, 1.82) is 0 Å². The summed E-state index contributed by atoms with van der Waals surface area (Å²) in [6, 6.07) is 0. The molecule has 0 spiro atoms. The van der Waals surface area contributed by atoms with Crippen LogP contribution in [-0.2, 0) is 4.74 Å². The Kier molecular flexibility index (Phi) is 5.35. The lowest BCUT2D eigenvalue weighted by molar-refractivity contribution is -0.103. The van der Waals surface area contributed by atoms with Crippen molar-refractivity contribution in [3.63, 3.8) is 0 Å². The average Bonchev–Trinajstić information content (AvgIpc) is 2.25.